The highest BCUT2D eigenvalue weighted by Gasteiger charge is 2.26. The molecule has 0 radical (unpaired) electrons. The van der Waals surface area contributed by atoms with Crippen LogP contribution in [0.25, 0.3) is 0 Å². The van der Waals surface area contributed by atoms with Crippen LogP contribution in [0.2, 0.25) is 0 Å². The van der Waals surface area contributed by atoms with Gasteiger partial charge in [-0.3, -0.25) is 9.40 Å². The van der Waals surface area contributed by atoms with Crippen LogP contribution in [0.15, 0.2) is 6.20 Å². The van der Waals surface area contributed by atoms with E-state index in [4.69, 9.17) is 4.74 Å². The topological polar surface area (TPSA) is 86.1 Å². The van der Waals surface area contributed by atoms with E-state index in [1.165, 1.54) is 13.3 Å². The van der Waals surface area contributed by atoms with Crippen molar-refractivity contribution in [1.29, 1.82) is 0 Å². The van der Waals surface area contributed by atoms with Gasteiger partial charge in [0, 0.05) is 13.7 Å². The molecule has 0 saturated carbocycles. The average molecular weight is 262 g/mol. The summed E-state index contributed by atoms with van der Waals surface area (Å²) in [6.45, 7) is 5.93. The van der Waals surface area contributed by atoms with Crippen molar-refractivity contribution in [3.8, 4) is 0 Å². The zero-order valence-corrected chi connectivity index (χ0v) is 11.3. The van der Waals surface area contributed by atoms with Crippen molar-refractivity contribution in [2.24, 2.45) is 0 Å². The van der Waals surface area contributed by atoms with E-state index in [1.54, 1.807) is 18.5 Å². The molecule has 0 aliphatic carbocycles. The van der Waals surface area contributed by atoms with E-state index in [9.17, 15) is 8.42 Å². The van der Waals surface area contributed by atoms with Crippen molar-refractivity contribution < 1.29 is 13.2 Å². The lowest BCUT2D eigenvalue weighted by molar-refractivity contribution is 0.0426. The summed E-state index contributed by atoms with van der Waals surface area (Å²) in [6, 6.07) is 0. The van der Waals surface area contributed by atoms with Gasteiger partial charge in [0.25, 0.3) is 0 Å². The molecule has 0 atom stereocenters. The lowest BCUT2D eigenvalue weighted by atomic mass is 10.2. The Balaban J connectivity index is 2.73. The Kier molecular flexibility index (Phi) is 4.10. The Bertz CT molecular complexity index is 466. The number of nitrogens with zero attached hydrogens (tertiary/aromatic N) is 3. The summed E-state index contributed by atoms with van der Waals surface area (Å²) >= 11 is 0. The minimum Gasteiger partial charge on any atom is -0.378 e. The van der Waals surface area contributed by atoms with E-state index in [0.717, 1.165) is 0 Å². The van der Waals surface area contributed by atoms with E-state index in [1.807, 2.05) is 6.92 Å². The first kappa shape index (κ1) is 13.9. The molecule has 0 fully saturated rings. The fourth-order valence-corrected chi connectivity index (χ4v) is 2.73. The first-order valence-electron chi connectivity index (χ1n) is 5.24. The molecule has 0 saturated heterocycles. The predicted molar refractivity (Wildman–Crippen MR) is 64.2 cm³/mol. The van der Waals surface area contributed by atoms with Gasteiger partial charge < -0.3 is 4.74 Å². The molecule has 8 heteroatoms. The Morgan fingerprint density at radius 1 is 1.53 bits per heavy atom. The molecular weight excluding hydrogens is 244 g/mol. The summed E-state index contributed by atoms with van der Waals surface area (Å²) in [7, 11) is -2.02. The second-order valence-electron chi connectivity index (χ2n) is 4.28. The van der Waals surface area contributed by atoms with Crippen LogP contribution in [-0.4, -0.2) is 41.9 Å². The SMILES string of the molecule is CCn1cc(NS(=O)(=O)CC(C)(C)OC)nn1. The van der Waals surface area contributed by atoms with Crippen molar-refractivity contribution in [1.82, 2.24) is 15.0 Å². The first-order valence-corrected chi connectivity index (χ1v) is 6.89. The molecule has 17 heavy (non-hydrogen) atoms. The number of methoxy groups -OCH3 is 1. The van der Waals surface area contributed by atoms with Crippen molar-refractivity contribution in [2.75, 3.05) is 17.6 Å². The Labute approximate surface area is 101 Å². The number of anilines is 1. The van der Waals surface area contributed by atoms with Crippen LogP contribution in [0, 0.1) is 0 Å². The van der Waals surface area contributed by atoms with Gasteiger partial charge in [0.15, 0.2) is 5.82 Å². The summed E-state index contributed by atoms with van der Waals surface area (Å²) in [5.74, 6) is 0.0777. The Morgan fingerprint density at radius 2 is 2.18 bits per heavy atom. The Hall–Kier alpha value is -1.15. The van der Waals surface area contributed by atoms with Gasteiger partial charge in [0.1, 0.15) is 0 Å². The maximum atomic E-state index is 11.8. The third-order valence-corrected chi connectivity index (χ3v) is 3.81. The molecule has 1 rings (SSSR count). The van der Waals surface area contributed by atoms with Crippen molar-refractivity contribution in [3.05, 3.63) is 6.20 Å². The molecule has 0 unspecified atom stereocenters. The van der Waals surface area contributed by atoms with Crippen molar-refractivity contribution in [2.45, 2.75) is 32.9 Å². The van der Waals surface area contributed by atoms with Gasteiger partial charge in [-0.05, 0) is 20.8 Å². The van der Waals surface area contributed by atoms with Crippen LogP contribution < -0.4 is 4.72 Å². The highest BCUT2D eigenvalue weighted by atomic mass is 32.2. The largest absolute Gasteiger partial charge is 0.378 e. The highest BCUT2D eigenvalue weighted by Crippen LogP contribution is 2.13. The second kappa shape index (κ2) is 5.01. The number of aryl methyl sites for hydroxylation is 1. The normalized spacial score (nSPS) is 12.7. The van der Waals surface area contributed by atoms with E-state index >= 15 is 0 Å². The molecule has 98 valence electrons. The molecule has 7 nitrogen and oxygen atoms in total. The lowest BCUT2D eigenvalue weighted by Crippen LogP contribution is -2.35. The lowest BCUT2D eigenvalue weighted by Gasteiger charge is -2.22. The van der Waals surface area contributed by atoms with Gasteiger partial charge in [-0.1, -0.05) is 5.21 Å². The van der Waals surface area contributed by atoms with Gasteiger partial charge in [-0.25, -0.2) is 8.42 Å². The number of hydrogen-bond donors (Lipinski definition) is 1. The quantitative estimate of drug-likeness (QED) is 0.805. The zero-order valence-electron chi connectivity index (χ0n) is 10.5. The molecule has 0 aromatic carbocycles. The van der Waals surface area contributed by atoms with Gasteiger partial charge in [0.05, 0.1) is 17.6 Å². The van der Waals surface area contributed by atoms with Crippen molar-refractivity contribution >= 4 is 15.8 Å². The maximum Gasteiger partial charge on any atom is 0.236 e. The number of hydrogen-bond acceptors (Lipinski definition) is 5. The first-order chi connectivity index (χ1) is 7.78. The predicted octanol–water partition coefficient (Wildman–Crippen LogP) is 0.465. The fraction of sp³-hybridized carbons (Fsp3) is 0.778. The molecule has 0 aliphatic heterocycles. The minimum atomic E-state index is -3.49. The average Bonchev–Trinajstić information content (AvgIpc) is 2.63. The highest BCUT2D eigenvalue weighted by molar-refractivity contribution is 7.92. The molecular formula is C9H18N4O3S. The molecule has 1 heterocycles. The molecule has 0 aliphatic rings. The third kappa shape index (κ3) is 4.31. The number of aromatic nitrogens is 3. The van der Waals surface area contributed by atoms with Crippen LogP contribution in [0.3, 0.4) is 0 Å². The van der Waals surface area contributed by atoms with Crippen LogP contribution >= 0.6 is 0 Å². The summed E-state index contributed by atoms with van der Waals surface area (Å²) in [5.41, 5.74) is -0.743. The van der Waals surface area contributed by atoms with Gasteiger partial charge in [-0.15, -0.1) is 5.10 Å². The van der Waals surface area contributed by atoms with E-state index in [-0.39, 0.29) is 11.6 Å². The third-order valence-electron chi connectivity index (χ3n) is 2.21. The second-order valence-corrected chi connectivity index (χ2v) is 6.01. The summed E-state index contributed by atoms with van der Waals surface area (Å²) < 4.78 is 32.6. The summed E-state index contributed by atoms with van der Waals surface area (Å²) in [6.07, 6.45) is 1.54. The van der Waals surface area contributed by atoms with Crippen LogP contribution in [0.1, 0.15) is 20.8 Å². The van der Waals surface area contributed by atoms with Crippen molar-refractivity contribution in [3.63, 3.8) is 0 Å². The van der Waals surface area contributed by atoms with Crippen LogP contribution in [-0.2, 0) is 21.3 Å². The van der Waals surface area contributed by atoms with Crippen LogP contribution in [0.4, 0.5) is 5.82 Å². The van der Waals surface area contributed by atoms with Gasteiger partial charge in [-0.2, -0.15) is 0 Å². The number of sulfonamides is 1. The van der Waals surface area contributed by atoms with Gasteiger partial charge in [0.2, 0.25) is 10.0 Å². The van der Waals surface area contributed by atoms with E-state index in [0.29, 0.717) is 6.54 Å². The Morgan fingerprint density at radius 3 is 2.65 bits per heavy atom. The van der Waals surface area contributed by atoms with E-state index in [2.05, 4.69) is 15.0 Å². The number of nitrogens with one attached hydrogen (secondary N) is 1. The fourth-order valence-electron chi connectivity index (χ4n) is 1.21. The number of ether oxygens (including phenoxy) is 1. The molecule has 1 aromatic rings. The molecule has 0 spiro atoms. The summed E-state index contributed by atoms with van der Waals surface area (Å²) in [4.78, 5) is 0. The van der Waals surface area contributed by atoms with Gasteiger partial charge >= 0.3 is 0 Å². The smallest absolute Gasteiger partial charge is 0.236 e. The van der Waals surface area contributed by atoms with E-state index < -0.39 is 15.6 Å². The standard InChI is InChI=1S/C9H18N4O3S/c1-5-13-6-8(10-12-13)11-17(14,15)7-9(2,3)16-4/h6,11H,5,7H2,1-4H3. The maximum absolute atomic E-state index is 11.8. The number of rotatable bonds is 6. The minimum absolute atomic E-state index is 0.143. The molecule has 1 aromatic heterocycles. The monoisotopic (exact) mass is 262 g/mol. The summed E-state index contributed by atoms with van der Waals surface area (Å²) in [5, 5.41) is 7.45. The molecule has 0 amide bonds. The molecule has 1 N–H and O–H groups in total. The zero-order chi connectivity index (χ0) is 13.1. The van der Waals surface area contributed by atoms with Crippen LogP contribution in [0.5, 0.6) is 0 Å². The molecule has 0 bridgehead atoms.